The molecule has 0 saturated heterocycles. The Hall–Kier alpha value is -2.08. The molecular weight excluding hydrogens is 270 g/mol. The quantitative estimate of drug-likeness (QED) is 0.709. The molecule has 0 saturated carbocycles. The third-order valence-electron chi connectivity index (χ3n) is 3.19. The number of nitrogens with one attached hydrogen (secondary N) is 1. The maximum atomic E-state index is 11.9. The maximum absolute atomic E-state index is 11.9. The Morgan fingerprint density at radius 3 is 2.62 bits per heavy atom. The van der Waals surface area contributed by atoms with Crippen LogP contribution in [0.4, 0.5) is 0 Å². The van der Waals surface area contributed by atoms with E-state index >= 15 is 0 Å². The fourth-order valence-corrected chi connectivity index (χ4v) is 1.74. The molecule has 0 unspecified atom stereocenters. The Labute approximate surface area is 124 Å². The van der Waals surface area contributed by atoms with Gasteiger partial charge in [0.05, 0.1) is 12.6 Å². The van der Waals surface area contributed by atoms with Crippen molar-refractivity contribution >= 4 is 11.8 Å². The smallest absolute Gasteiger partial charge is 0.242 e. The van der Waals surface area contributed by atoms with Gasteiger partial charge in [0.2, 0.25) is 11.8 Å². The van der Waals surface area contributed by atoms with Crippen LogP contribution in [0.1, 0.15) is 19.4 Å². The van der Waals surface area contributed by atoms with E-state index in [0.29, 0.717) is 6.54 Å². The van der Waals surface area contributed by atoms with Crippen LogP contribution in [0.2, 0.25) is 0 Å². The molecule has 1 aromatic rings. The van der Waals surface area contributed by atoms with Gasteiger partial charge in [-0.1, -0.05) is 26.0 Å². The summed E-state index contributed by atoms with van der Waals surface area (Å²) in [6.45, 7) is 3.97. The summed E-state index contributed by atoms with van der Waals surface area (Å²) in [5.41, 5.74) is 6.51. The molecule has 0 aliphatic carbocycles. The van der Waals surface area contributed by atoms with Crippen LogP contribution in [0.25, 0.3) is 0 Å². The predicted molar refractivity (Wildman–Crippen MR) is 80.4 cm³/mol. The van der Waals surface area contributed by atoms with E-state index in [9.17, 15) is 14.7 Å². The van der Waals surface area contributed by atoms with E-state index in [1.54, 1.807) is 25.2 Å². The number of nitrogens with zero attached hydrogens (tertiary/aromatic N) is 1. The van der Waals surface area contributed by atoms with Crippen molar-refractivity contribution in [2.45, 2.75) is 26.4 Å². The normalized spacial score (nSPS) is 12.0. The van der Waals surface area contributed by atoms with Crippen LogP contribution in [0, 0.1) is 5.92 Å². The van der Waals surface area contributed by atoms with Crippen molar-refractivity contribution in [3.63, 3.8) is 0 Å². The summed E-state index contributed by atoms with van der Waals surface area (Å²) in [6.07, 6.45) is 0. The average Bonchev–Trinajstić information content (AvgIpc) is 2.43. The fourth-order valence-electron chi connectivity index (χ4n) is 1.74. The number of amides is 2. The topological polar surface area (TPSA) is 95.7 Å². The SMILES string of the molecule is CC(C)[C@H](N)C(=O)NCC(=O)N(C)Cc1cccc(O)c1. The Kier molecular flexibility index (Phi) is 6.17. The molecule has 6 nitrogen and oxygen atoms in total. The molecule has 0 aromatic heterocycles. The Bertz CT molecular complexity index is 503. The number of benzene rings is 1. The molecule has 0 heterocycles. The zero-order chi connectivity index (χ0) is 16.0. The van der Waals surface area contributed by atoms with E-state index in [4.69, 9.17) is 5.73 Å². The highest BCUT2D eigenvalue weighted by Gasteiger charge is 2.18. The molecule has 0 radical (unpaired) electrons. The summed E-state index contributed by atoms with van der Waals surface area (Å²) < 4.78 is 0. The van der Waals surface area contributed by atoms with E-state index in [0.717, 1.165) is 5.56 Å². The summed E-state index contributed by atoms with van der Waals surface area (Å²) in [7, 11) is 1.64. The van der Waals surface area contributed by atoms with Crippen molar-refractivity contribution in [2.24, 2.45) is 11.7 Å². The number of hydrogen-bond donors (Lipinski definition) is 3. The number of likely N-dealkylation sites (N-methyl/N-ethyl adjacent to an activating group) is 1. The van der Waals surface area contributed by atoms with Gasteiger partial charge in [-0.3, -0.25) is 9.59 Å². The summed E-state index contributed by atoms with van der Waals surface area (Å²) in [4.78, 5) is 25.1. The van der Waals surface area contributed by atoms with Crippen molar-refractivity contribution < 1.29 is 14.7 Å². The van der Waals surface area contributed by atoms with Gasteiger partial charge in [-0.2, -0.15) is 0 Å². The minimum absolute atomic E-state index is 0.0186. The monoisotopic (exact) mass is 293 g/mol. The lowest BCUT2D eigenvalue weighted by Gasteiger charge is -2.19. The van der Waals surface area contributed by atoms with Gasteiger partial charge in [-0.15, -0.1) is 0 Å². The molecule has 116 valence electrons. The van der Waals surface area contributed by atoms with Crippen LogP contribution < -0.4 is 11.1 Å². The highest BCUT2D eigenvalue weighted by atomic mass is 16.3. The van der Waals surface area contributed by atoms with Gasteiger partial charge in [0.25, 0.3) is 0 Å². The lowest BCUT2D eigenvalue weighted by atomic mass is 10.1. The Balaban J connectivity index is 2.46. The summed E-state index contributed by atoms with van der Waals surface area (Å²) in [5, 5.41) is 11.9. The average molecular weight is 293 g/mol. The number of phenolic OH excluding ortho intramolecular Hbond substituents is 1. The third-order valence-corrected chi connectivity index (χ3v) is 3.19. The van der Waals surface area contributed by atoms with E-state index in [-0.39, 0.29) is 30.0 Å². The van der Waals surface area contributed by atoms with Gasteiger partial charge < -0.3 is 21.1 Å². The van der Waals surface area contributed by atoms with E-state index in [1.165, 1.54) is 4.90 Å². The fraction of sp³-hybridized carbons (Fsp3) is 0.467. The Morgan fingerprint density at radius 1 is 1.38 bits per heavy atom. The van der Waals surface area contributed by atoms with Crippen LogP contribution >= 0.6 is 0 Å². The first-order chi connectivity index (χ1) is 9.81. The van der Waals surface area contributed by atoms with Crippen molar-refractivity contribution in [3.8, 4) is 5.75 Å². The van der Waals surface area contributed by atoms with Crippen LogP contribution in [0.3, 0.4) is 0 Å². The first-order valence-electron chi connectivity index (χ1n) is 6.86. The lowest BCUT2D eigenvalue weighted by Crippen LogP contribution is -2.47. The van der Waals surface area contributed by atoms with Crippen LogP contribution in [-0.4, -0.2) is 41.5 Å². The van der Waals surface area contributed by atoms with E-state index < -0.39 is 6.04 Å². The van der Waals surface area contributed by atoms with E-state index in [1.807, 2.05) is 19.9 Å². The van der Waals surface area contributed by atoms with Gasteiger partial charge in [0.15, 0.2) is 0 Å². The molecule has 1 rings (SSSR count). The van der Waals surface area contributed by atoms with Crippen molar-refractivity contribution in [3.05, 3.63) is 29.8 Å². The lowest BCUT2D eigenvalue weighted by molar-refractivity contribution is -0.132. The van der Waals surface area contributed by atoms with Crippen molar-refractivity contribution in [1.82, 2.24) is 10.2 Å². The molecule has 4 N–H and O–H groups in total. The third kappa shape index (κ3) is 5.43. The summed E-state index contributed by atoms with van der Waals surface area (Å²) in [6, 6.07) is 6.08. The van der Waals surface area contributed by atoms with Crippen LogP contribution in [-0.2, 0) is 16.1 Å². The largest absolute Gasteiger partial charge is 0.508 e. The molecule has 1 atom stereocenters. The minimum atomic E-state index is -0.617. The van der Waals surface area contributed by atoms with E-state index in [2.05, 4.69) is 5.32 Å². The van der Waals surface area contributed by atoms with Gasteiger partial charge in [-0.05, 0) is 23.6 Å². The molecule has 0 bridgehead atoms. The van der Waals surface area contributed by atoms with Crippen LogP contribution in [0.5, 0.6) is 5.75 Å². The van der Waals surface area contributed by atoms with Crippen molar-refractivity contribution in [2.75, 3.05) is 13.6 Å². The highest BCUT2D eigenvalue weighted by molar-refractivity contribution is 5.87. The number of aromatic hydroxyl groups is 1. The molecule has 1 aromatic carbocycles. The number of hydrogen-bond acceptors (Lipinski definition) is 4. The zero-order valence-corrected chi connectivity index (χ0v) is 12.7. The predicted octanol–water partition coefficient (Wildman–Crippen LogP) is 0.450. The number of rotatable bonds is 6. The number of carbonyl (C=O) groups excluding carboxylic acids is 2. The molecular formula is C15H23N3O3. The number of nitrogens with two attached hydrogens (primary N) is 1. The first kappa shape index (κ1) is 17.0. The highest BCUT2D eigenvalue weighted by Crippen LogP contribution is 2.12. The molecule has 0 aliphatic rings. The maximum Gasteiger partial charge on any atom is 0.242 e. The summed E-state index contributed by atoms with van der Waals surface area (Å²) in [5.74, 6) is -0.374. The minimum Gasteiger partial charge on any atom is -0.508 e. The van der Waals surface area contributed by atoms with Gasteiger partial charge in [0, 0.05) is 13.6 Å². The Morgan fingerprint density at radius 2 is 2.05 bits per heavy atom. The zero-order valence-electron chi connectivity index (χ0n) is 12.7. The van der Waals surface area contributed by atoms with Gasteiger partial charge >= 0.3 is 0 Å². The van der Waals surface area contributed by atoms with Gasteiger partial charge in [-0.25, -0.2) is 0 Å². The van der Waals surface area contributed by atoms with Crippen LogP contribution in [0.15, 0.2) is 24.3 Å². The molecule has 21 heavy (non-hydrogen) atoms. The molecule has 0 aliphatic heterocycles. The molecule has 0 fully saturated rings. The second-order valence-corrected chi connectivity index (χ2v) is 5.41. The number of carbonyl (C=O) groups is 2. The summed E-state index contributed by atoms with van der Waals surface area (Å²) >= 11 is 0. The first-order valence-corrected chi connectivity index (χ1v) is 6.86. The standard InChI is InChI=1S/C15H23N3O3/c1-10(2)14(16)15(21)17-8-13(20)18(3)9-11-5-4-6-12(19)7-11/h4-7,10,14,19H,8-9,16H2,1-3H3,(H,17,21)/t14-/m0/s1. The van der Waals surface area contributed by atoms with Crippen molar-refractivity contribution in [1.29, 1.82) is 0 Å². The molecule has 6 heteroatoms. The molecule has 0 spiro atoms. The number of phenols is 1. The second kappa shape index (κ2) is 7.64. The van der Waals surface area contributed by atoms with Gasteiger partial charge in [0.1, 0.15) is 5.75 Å². The second-order valence-electron chi connectivity index (χ2n) is 5.41. The molecule has 2 amide bonds.